The zero-order valence-corrected chi connectivity index (χ0v) is 10.7. The molecule has 1 aromatic rings. The molecular formula is C15H17NO3. The van der Waals surface area contributed by atoms with Crippen LogP contribution in [0.25, 0.3) is 0 Å². The molecule has 19 heavy (non-hydrogen) atoms. The number of hydrogen-bond donors (Lipinski definition) is 1. The van der Waals surface area contributed by atoms with Gasteiger partial charge in [0, 0.05) is 12.5 Å². The molecule has 0 saturated heterocycles. The average Bonchev–Trinajstić information content (AvgIpc) is 3.24. The molecule has 1 aliphatic heterocycles. The van der Waals surface area contributed by atoms with Gasteiger partial charge in [0.25, 0.3) is 0 Å². The van der Waals surface area contributed by atoms with E-state index < -0.39 is 0 Å². The number of carbonyl (C=O) groups excluding carboxylic acids is 1. The number of nitrogens with one attached hydrogen (secondary N) is 1. The summed E-state index contributed by atoms with van der Waals surface area (Å²) in [6, 6.07) is 5.96. The predicted molar refractivity (Wildman–Crippen MR) is 71.5 cm³/mol. The summed E-state index contributed by atoms with van der Waals surface area (Å²) in [5.41, 5.74) is 1.16. The molecule has 0 aromatic heterocycles. The first-order chi connectivity index (χ1) is 9.29. The second-order valence-corrected chi connectivity index (χ2v) is 4.89. The van der Waals surface area contributed by atoms with Crippen molar-refractivity contribution in [1.29, 1.82) is 0 Å². The van der Waals surface area contributed by atoms with Crippen molar-refractivity contribution in [3.63, 3.8) is 0 Å². The summed E-state index contributed by atoms with van der Waals surface area (Å²) in [4.78, 5) is 11.8. The van der Waals surface area contributed by atoms with Gasteiger partial charge in [-0.3, -0.25) is 4.79 Å². The van der Waals surface area contributed by atoms with Gasteiger partial charge in [0.2, 0.25) is 5.91 Å². The van der Waals surface area contributed by atoms with E-state index >= 15 is 0 Å². The monoisotopic (exact) mass is 259 g/mol. The van der Waals surface area contributed by atoms with E-state index in [1.807, 2.05) is 18.2 Å². The van der Waals surface area contributed by atoms with Crippen LogP contribution in [0, 0.1) is 5.92 Å². The van der Waals surface area contributed by atoms with E-state index in [9.17, 15) is 4.79 Å². The maximum atomic E-state index is 11.8. The van der Waals surface area contributed by atoms with E-state index in [4.69, 9.17) is 9.47 Å². The van der Waals surface area contributed by atoms with Crippen LogP contribution in [0.2, 0.25) is 0 Å². The first kappa shape index (κ1) is 12.1. The van der Waals surface area contributed by atoms with Crippen LogP contribution in [0.5, 0.6) is 11.5 Å². The largest absolute Gasteiger partial charge is 0.486 e. The Morgan fingerprint density at radius 1 is 1.37 bits per heavy atom. The quantitative estimate of drug-likeness (QED) is 0.840. The van der Waals surface area contributed by atoms with Gasteiger partial charge in [-0.15, -0.1) is 6.58 Å². The third-order valence-electron chi connectivity index (χ3n) is 3.54. The normalized spacial score (nSPS) is 23.6. The summed E-state index contributed by atoms with van der Waals surface area (Å²) < 4.78 is 11.1. The maximum absolute atomic E-state index is 11.8. The van der Waals surface area contributed by atoms with Crippen LogP contribution < -0.4 is 14.8 Å². The molecule has 1 aromatic carbocycles. The summed E-state index contributed by atoms with van der Waals surface area (Å²) in [6.07, 6.45) is 2.60. The van der Waals surface area contributed by atoms with Crippen molar-refractivity contribution >= 4 is 5.91 Å². The summed E-state index contributed by atoms with van der Waals surface area (Å²) in [7, 11) is 0. The lowest BCUT2D eigenvalue weighted by molar-refractivity contribution is -0.122. The highest BCUT2D eigenvalue weighted by molar-refractivity contribution is 5.83. The maximum Gasteiger partial charge on any atom is 0.223 e. The fourth-order valence-electron chi connectivity index (χ4n) is 2.45. The molecule has 2 aliphatic rings. The summed E-state index contributed by atoms with van der Waals surface area (Å²) in [5.74, 6) is 2.09. The van der Waals surface area contributed by atoms with Crippen LogP contribution in [-0.2, 0) is 4.79 Å². The van der Waals surface area contributed by atoms with Crippen LogP contribution in [0.15, 0.2) is 30.9 Å². The lowest BCUT2D eigenvalue weighted by Gasteiger charge is -2.18. The van der Waals surface area contributed by atoms with Crippen molar-refractivity contribution in [2.45, 2.75) is 12.3 Å². The van der Waals surface area contributed by atoms with Crippen molar-refractivity contribution in [2.75, 3.05) is 19.8 Å². The summed E-state index contributed by atoms with van der Waals surface area (Å²) in [5, 5.41) is 2.84. The van der Waals surface area contributed by atoms with Crippen molar-refractivity contribution in [3.8, 4) is 11.5 Å². The standard InChI is InChI=1S/C15H17NO3/c1-2-5-16-15(17)12-9-11(12)10-3-4-13-14(8-10)19-7-6-18-13/h2-4,8,11-12H,1,5-7,9H2,(H,16,17). The zero-order valence-electron chi connectivity index (χ0n) is 10.7. The molecule has 0 bridgehead atoms. The minimum absolute atomic E-state index is 0.0857. The van der Waals surface area contributed by atoms with Crippen molar-refractivity contribution in [2.24, 2.45) is 5.92 Å². The van der Waals surface area contributed by atoms with E-state index in [2.05, 4.69) is 11.9 Å². The Morgan fingerprint density at radius 2 is 2.16 bits per heavy atom. The molecule has 2 unspecified atom stereocenters. The Morgan fingerprint density at radius 3 is 2.95 bits per heavy atom. The Bertz CT molecular complexity index is 512. The van der Waals surface area contributed by atoms with Crippen LogP contribution in [0.1, 0.15) is 17.9 Å². The summed E-state index contributed by atoms with van der Waals surface area (Å²) >= 11 is 0. The highest BCUT2D eigenvalue weighted by Gasteiger charge is 2.44. The van der Waals surface area contributed by atoms with Gasteiger partial charge in [0.05, 0.1) is 0 Å². The molecule has 1 aliphatic carbocycles. The van der Waals surface area contributed by atoms with Gasteiger partial charge in [0.1, 0.15) is 13.2 Å². The number of carbonyl (C=O) groups is 1. The molecule has 3 rings (SSSR count). The van der Waals surface area contributed by atoms with Gasteiger partial charge in [0.15, 0.2) is 11.5 Å². The van der Waals surface area contributed by atoms with Crippen LogP contribution >= 0.6 is 0 Å². The molecule has 2 atom stereocenters. The number of amides is 1. The SMILES string of the molecule is C=CCNC(=O)C1CC1c1ccc2c(c1)OCCO2. The van der Waals surface area contributed by atoms with E-state index in [0.29, 0.717) is 25.7 Å². The van der Waals surface area contributed by atoms with E-state index in [-0.39, 0.29) is 11.8 Å². The first-order valence-corrected chi connectivity index (χ1v) is 6.57. The van der Waals surface area contributed by atoms with Crippen molar-refractivity contribution in [1.82, 2.24) is 5.32 Å². The van der Waals surface area contributed by atoms with Gasteiger partial charge in [-0.2, -0.15) is 0 Å². The highest BCUT2D eigenvalue weighted by atomic mass is 16.6. The number of rotatable bonds is 4. The lowest BCUT2D eigenvalue weighted by atomic mass is 10.1. The first-order valence-electron chi connectivity index (χ1n) is 6.57. The Balaban J connectivity index is 1.68. The Labute approximate surface area is 112 Å². The van der Waals surface area contributed by atoms with Crippen LogP contribution in [0.3, 0.4) is 0 Å². The molecule has 0 spiro atoms. The second-order valence-electron chi connectivity index (χ2n) is 4.89. The zero-order chi connectivity index (χ0) is 13.2. The van der Waals surface area contributed by atoms with Crippen molar-refractivity contribution < 1.29 is 14.3 Å². The van der Waals surface area contributed by atoms with E-state index in [1.165, 1.54) is 0 Å². The molecular weight excluding hydrogens is 242 g/mol. The molecule has 4 nitrogen and oxygen atoms in total. The summed E-state index contributed by atoms with van der Waals surface area (Å²) in [6.45, 7) is 5.31. The molecule has 4 heteroatoms. The minimum Gasteiger partial charge on any atom is -0.486 e. The van der Waals surface area contributed by atoms with E-state index in [1.54, 1.807) is 6.08 Å². The molecule has 100 valence electrons. The highest BCUT2D eigenvalue weighted by Crippen LogP contribution is 2.49. The third kappa shape index (κ3) is 2.43. The third-order valence-corrected chi connectivity index (χ3v) is 3.54. The van der Waals surface area contributed by atoms with E-state index in [0.717, 1.165) is 23.5 Å². The molecule has 1 N–H and O–H groups in total. The van der Waals surface area contributed by atoms with Gasteiger partial charge < -0.3 is 14.8 Å². The molecule has 1 fully saturated rings. The van der Waals surface area contributed by atoms with Gasteiger partial charge in [-0.25, -0.2) is 0 Å². The Hall–Kier alpha value is -1.97. The van der Waals surface area contributed by atoms with Gasteiger partial charge in [-0.1, -0.05) is 12.1 Å². The van der Waals surface area contributed by atoms with Gasteiger partial charge >= 0.3 is 0 Å². The smallest absolute Gasteiger partial charge is 0.223 e. The number of ether oxygens (including phenoxy) is 2. The molecule has 1 heterocycles. The fraction of sp³-hybridized carbons (Fsp3) is 0.400. The number of fused-ring (bicyclic) bond motifs is 1. The molecule has 1 amide bonds. The molecule has 1 saturated carbocycles. The Kier molecular flexibility index (Phi) is 3.15. The second kappa shape index (κ2) is 4.96. The van der Waals surface area contributed by atoms with Crippen LogP contribution in [0.4, 0.5) is 0 Å². The topological polar surface area (TPSA) is 47.6 Å². The average molecular weight is 259 g/mol. The van der Waals surface area contributed by atoms with Crippen LogP contribution in [-0.4, -0.2) is 25.7 Å². The lowest BCUT2D eigenvalue weighted by Crippen LogP contribution is -2.25. The fourth-order valence-corrected chi connectivity index (χ4v) is 2.45. The minimum atomic E-state index is 0.0857. The van der Waals surface area contributed by atoms with Gasteiger partial charge in [-0.05, 0) is 30.0 Å². The number of benzene rings is 1. The predicted octanol–water partition coefficient (Wildman–Crippen LogP) is 1.86. The molecule has 0 radical (unpaired) electrons. The number of hydrogen-bond acceptors (Lipinski definition) is 3. The van der Waals surface area contributed by atoms with Crippen molar-refractivity contribution in [3.05, 3.63) is 36.4 Å².